The molecule has 0 saturated heterocycles. The van der Waals surface area contributed by atoms with Crippen LogP contribution < -0.4 is 0 Å². The third-order valence-electron chi connectivity index (χ3n) is 3.89. The molecule has 0 aromatic rings. The molecule has 1 N–H and O–H groups in total. The van der Waals surface area contributed by atoms with Gasteiger partial charge in [0.25, 0.3) is 0 Å². The average Bonchev–Trinajstić information content (AvgIpc) is 2.23. The lowest BCUT2D eigenvalue weighted by molar-refractivity contribution is 0.0855. The molecular formula is C15H32O. The van der Waals surface area contributed by atoms with E-state index in [0.29, 0.717) is 5.41 Å². The van der Waals surface area contributed by atoms with Crippen molar-refractivity contribution in [1.29, 1.82) is 0 Å². The van der Waals surface area contributed by atoms with Crippen LogP contribution >= 0.6 is 0 Å². The Morgan fingerprint density at radius 1 is 1.12 bits per heavy atom. The van der Waals surface area contributed by atoms with Crippen molar-refractivity contribution in [2.24, 2.45) is 11.3 Å². The van der Waals surface area contributed by atoms with Crippen LogP contribution in [0, 0.1) is 11.3 Å². The summed E-state index contributed by atoms with van der Waals surface area (Å²) in [5, 5.41) is 10.1. The maximum Gasteiger partial charge on any atom is 0.0548 e. The molecular weight excluding hydrogens is 196 g/mol. The number of aliphatic hydroxyl groups is 1. The highest BCUT2D eigenvalue weighted by molar-refractivity contribution is 4.73. The largest absolute Gasteiger partial charge is 0.393 e. The number of hydrogen-bond donors (Lipinski definition) is 1. The first kappa shape index (κ1) is 16.0. The van der Waals surface area contributed by atoms with Gasteiger partial charge in [-0.05, 0) is 24.2 Å². The Kier molecular flexibility index (Phi) is 8.09. The van der Waals surface area contributed by atoms with Gasteiger partial charge in [0.2, 0.25) is 0 Å². The molecule has 0 heterocycles. The zero-order chi connectivity index (χ0) is 12.6. The van der Waals surface area contributed by atoms with Crippen LogP contribution in [0.15, 0.2) is 0 Å². The highest BCUT2D eigenvalue weighted by Gasteiger charge is 2.22. The van der Waals surface area contributed by atoms with Crippen molar-refractivity contribution < 1.29 is 5.11 Å². The van der Waals surface area contributed by atoms with E-state index >= 15 is 0 Å². The predicted molar refractivity (Wildman–Crippen MR) is 72.6 cm³/mol. The first-order valence-corrected chi connectivity index (χ1v) is 7.13. The smallest absolute Gasteiger partial charge is 0.0548 e. The molecule has 0 spiro atoms. The van der Waals surface area contributed by atoms with Gasteiger partial charge in [0.1, 0.15) is 0 Å². The van der Waals surface area contributed by atoms with E-state index in [4.69, 9.17) is 0 Å². The summed E-state index contributed by atoms with van der Waals surface area (Å²) in [5.74, 6) is 0.725. The number of unbranched alkanes of at least 4 members (excludes halogenated alkanes) is 1. The molecule has 0 radical (unpaired) electrons. The monoisotopic (exact) mass is 228 g/mol. The first-order valence-electron chi connectivity index (χ1n) is 7.13. The Labute approximate surface area is 103 Å². The molecule has 0 rings (SSSR count). The minimum Gasteiger partial charge on any atom is -0.393 e. The third kappa shape index (κ3) is 7.27. The van der Waals surface area contributed by atoms with Crippen LogP contribution in [-0.4, -0.2) is 11.2 Å². The van der Waals surface area contributed by atoms with E-state index in [1.165, 1.54) is 25.7 Å². The summed E-state index contributed by atoms with van der Waals surface area (Å²) < 4.78 is 0. The zero-order valence-electron chi connectivity index (χ0n) is 12.1. The van der Waals surface area contributed by atoms with E-state index in [0.717, 1.165) is 25.2 Å². The molecule has 0 aromatic heterocycles. The Bertz CT molecular complexity index is 163. The first-order chi connectivity index (χ1) is 7.45. The van der Waals surface area contributed by atoms with Gasteiger partial charge in [0.05, 0.1) is 6.10 Å². The molecule has 1 heteroatoms. The summed E-state index contributed by atoms with van der Waals surface area (Å²) in [5.41, 5.74) is 0.294. The Hall–Kier alpha value is -0.0400. The van der Waals surface area contributed by atoms with Crippen molar-refractivity contribution in [3.05, 3.63) is 0 Å². The van der Waals surface area contributed by atoms with Crippen molar-refractivity contribution in [3.8, 4) is 0 Å². The second-order valence-electron chi connectivity index (χ2n) is 6.03. The van der Waals surface area contributed by atoms with Crippen molar-refractivity contribution >= 4 is 0 Å². The van der Waals surface area contributed by atoms with Gasteiger partial charge in [-0.25, -0.2) is 0 Å². The molecule has 0 aliphatic heterocycles. The van der Waals surface area contributed by atoms with Crippen LogP contribution in [0.2, 0.25) is 0 Å². The summed E-state index contributed by atoms with van der Waals surface area (Å²) in [4.78, 5) is 0. The summed E-state index contributed by atoms with van der Waals surface area (Å²) >= 11 is 0. The molecule has 98 valence electrons. The lowest BCUT2D eigenvalue weighted by atomic mass is 9.81. The molecule has 2 atom stereocenters. The van der Waals surface area contributed by atoms with Gasteiger partial charge >= 0.3 is 0 Å². The topological polar surface area (TPSA) is 20.2 Å². The molecule has 1 nitrogen and oxygen atoms in total. The third-order valence-corrected chi connectivity index (χ3v) is 3.89. The van der Waals surface area contributed by atoms with Gasteiger partial charge in [-0.3, -0.25) is 0 Å². The minimum absolute atomic E-state index is 0.100. The molecule has 0 aliphatic carbocycles. The van der Waals surface area contributed by atoms with Crippen molar-refractivity contribution in [1.82, 2.24) is 0 Å². The van der Waals surface area contributed by atoms with Gasteiger partial charge in [-0.2, -0.15) is 0 Å². The zero-order valence-corrected chi connectivity index (χ0v) is 12.1. The van der Waals surface area contributed by atoms with Gasteiger partial charge < -0.3 is 5.11 Å². The van der Waals surface area contributed by atoms with Crippen LogP contribution in [-0.2, 0) is 0 Å². The molecule has 0 aliphatic rings. The fourth-order valence-corrected chi connectivity index (χ4v) is 2.23. The normalized spacial score (nSPS) is 16.1. The van der Waals surface area contributed by atoms with Gasteiger partial charge in [-0.1, -0.05) is 66.7 Å². The molecule has 16 heavy (non-hydrogen) atoms. The summed E-state index contributed by atoms with van der Waals surface area (Å²) in [6, 6.07) is 0. The van der Waals surface area contributed by atoms with Crippen LogP contribution in [0.4, 0.5) is 0 Å². The lowest BCUT2D eigenvalue weighted by Gasteiger charge is -2.27. The molecule has 0 saturated carbocycles. The van der Waals surface area contributed by atoms with E-state index in [-0.39, 0.29) is 6.10 Å². The number of hydrogen-bond acceptors (Lipinski definition) is 1. The Morgan fingerprint density at radius 3 is 2.19 bits per heavy atom. The van der Waals surface area contributed by atoms with Crippen LogP contribution in [0.1, 0.15) is 79.6 Å². The molecule has 0 bridgehead atoms. The van der Waals surface area contributed by atoms with Gasteiger partial charge in [0, 0.05) is 0 Å². The van der Waals surface area contributed by atoms with Crippen LogP contribution in [0.25, 0.3) is 0 Å². The van der Waals surface area contributed by atoms with Crippen molar-refractivity contribution in [2.45, 2.75) is 85.7 Å². The van der Waals surface area contributed by atoms with E-state index in [2.05, 4.69) is 34.6 Å². The Balaban J connectivity index is 3.95. The summed E-state index contributed by atoms with van der Waals surface area (Å²) in [6.45, 7) is 11.2. The summed E-state index contributed by atoms with van der Waals surface area (Å²) in [6.07, 6.45) is 8.08. The maximum absolute atomic E-state index is 10.1. The molecule has 2 unspecified atom stereocenters. The number of rotatable bonds is 9. The molecule has 0 aromatic carbocycles. The second-order valence-corrected chi connectivity index (χ2v) is 6.03. The van der Waals surface area contributed by atoms with Crippen LogP contribution in [0.5, 0.6) is 0 Å². The fraction of sp³-hybridized carbons (Fsp3) is 1.00. The average molecular weight is 228 g/mol. The fourth-order valence-electron chi connectivity index (χ4n) is 2.23. The van der Waals surface area contributed by atoms with E-state index in [1.54, 1.807) is 0 Å². The highest BCUT2D eigenvalue weighted by atomic mass is 16.3. The lowest BCUT2D eigenvalue weighted by Crippen LogP contribution is -2.22. The maximum atomic E-state index is 10.1. The number of aliphatic hydroxyl groups excluding tert-OH is 1. The van der Waals surface area contributed by atoms with E-state index < -0.39 is 0 Å². The van der Waals surface area contributed by atoms with Crippen LogP contribution in [0.3, 0.4) is 0 Å². The predicted octanol–water partition coefficient (Wildman–Crippen LogP) is 4.78. The van der Waals surface area contributed by atoms with Gasteiger partial charge in [0.15, 0.2) is 0 Å². The van der Waals surface area contributed by atoms with E-state index in [1.807, 2.05) is 0 Å². The molecule has 0 amide bonds. The molecule has 0 fully saturated rings. The van der Waals surface area contributed by atoms with E-state index in [9.17, 15) is 5.11 Å². The highest BCUT2D eigenvalue weighted by Crippen LogP contribution is 2.29. The Morgan fingerprint density at radius 2 is 1.75 bits per heavy atom. The summed E-state index contributed by atoms with van der Waals surface area (Å²) in [7, 11) is 0. The standard InChI is InChI=1S/C15H32O/c1-6-9-10-13(7-2)11-14(16)12-15(4,5)8-3/h13-14,16H,6-12H2,1-5H3. The second kappa shape index (κ2) is 8.11. The van der Waals surface area contributed by atoms with Crippen molar-refractivity contribution in [2.75, 3.05) is 0 Å². The SMILES string of the molecule is CCCCC(CC)CC(O)CC(C)(C)CC. The quantitative estimate of drug-likeness (QED) is 0.602. The van der Waals surface area contributed by atoms with Gasteiger partial charge in [-0.15, -0.1) is 0 Å². The van der Waals surface area contributed by atoms with Crippen molar-refractivity contribution in [3.63, 3.8) is 0 Å². The minimum atomic E-state index is -0.100.